The zero-order valence-corrected chi connectivity index (χ0v) is 38.7. The number of alkyl halides is 3. The molecule has 2 aromatic carbocycles. The van der Waals surface area contributed by atoms with Gasteiger partial charge < -0.3 is 25.3 Å². The van der Waals surface area contributed by atoms with E-state index in [0.29, 0.717) is 43.4 Å². The summed E-state index contributed by atoms with van der Waals surface area (Å²) < 4.78 is 71.8. The maximum atomic E-state index is 13.8. The van der Waals surface area contributed by atoms with Gasteiger partial charge >= 0.3 is 6.18 Å². The summed E-state index contributed by atoms with van der Waals surface area (Å²) in [6.45, 7) is 15.2. The summed E-state index contributed by atoms with van der Waals surface area (Å²) in [6, 6.07) is 7.98. The standard InChI is InChI=1S/C28H39F3N4O5S.C17H18N2O2S/c1-6-17-16-27(17,24(38)34-41(39,40)26(5)12-13-26)33-22(36)20-11-8-14-35(20)23(37)21(25(2,3)4)32-19-10-7-9-18(15-19)28(29,30)31;1-9(2)13-8-22-17(19-13)12-7-14(20)11-5-6-15(21-4)10(3)16(11)18-12/h7,9-10,15,17,20-21,32H,6,8,11-14,16H2,1-5H3,(H,33,36)(H,34,38);5-9H,1-4H3,(H,18,20)/t17?,20?,21?,27-;/m1./s1. The van der Waals surface area contributed by atoms with Crippen molar-refractivity contribution < 1.29 is 40.7 Å². The van der Waals surface area contributed by atoms with Crippen LogP contribution in [0.1, 0.15) is 110 Å². The van der Waals surface area contributed by atoms with Crippen LogP contribution in [0.3, 0.4) is 0 Å². The molecule has 3 fully saturated rings. The largest absolute Gasteiger partial charge is 0.496 e. The number of pyridine rings is 1. The number of thiazole rings is 1. The summed E-state index contributed by atoms with van der Waals surface area (Å²) >= 11 is 1.55. The van der Waals surface area contributed by atoms with Gasteiger partial charge in [0.05, 0.1) is 34.3 Å². The lowest BCUT2D eigenvalue weighted by Gasteiger charge is -2.36. The molecule has 18 heteroatoms. The lowest BCUT2D eigenvalue weighted by molar-refractivity contribution is -0.141. The van der Waals surface area contributed by atoms with Crippen LogP contribution in [-0.4, -0.2) is 77.0 Å². The number of anilines is 1. The van der Waals surface area contributed by atoms with E-state index >= 15 is 0 Å². The molecule has 4 atom stereocenters. The third-order valence-electron chi connectivity index (χ3n) is 12.4. The van der Waals surface area contributed by atoms with Crippen LogP contribution in [0.2, 0.25) is 0 Å². The lowest BCUT2D eigenvalue weighted by Crippen LogP contribution is -2.59. The fraction of sp³-hybridized carbons (Fsp3) is 0.533. The number of aryl methyl sites for hydroxylation is 1. The normalized spacial score (nSPS) is 21.0. The van der Waals surface area contributed by atoms with Crippen molar-refractivity contribution in [1.29, 1.82) is 0 Å². The molecule has 2 aromatic heterocycles. The van der Waals surface area contributed by atoms with Crippen molar-refractivity contribution in [2.45, 2.75) is 128 Å². The molecule has 3 heterocycles. The van der Waals surface area contributed by atoms with Crippen LogP contribution in [0.25, 0.3) is 21.6 Å². The number of halogens is 3. The summed E-state index contributed by atoms with van der Waals surface area (Å²) in [5.41, 5.74) is 0.706. The molecule has 4 aromatic rings. The van der Waals surface area contributed by atoms with Gasteiger partial charge in [-0.15, -0.1) is 11.3 Å². The lowest BCUT2D eigenvalue weighted by atomic mass is 9.85. The van der Waals surface area contributed by atoms with Gasteiger partial charge in [-0.2, -0.15) is 13.2 Å². The molecular formula is C45H57F3N6O7S2. The van der Waals surface area contributed by atoms with Gasteiger partial charge in [-0.25, -0.2) is 13.4 Å². The molecule has 63 heavy (non-hydrogen) atoms. The third kappa shape index (κ3) is 9.91. The first kappa shape index (κ1) is 47.5. The van der Waals surface area contributed by atoms with Gasteiger partial charge in [0, 0.05) is 34.6 Å². The number of ether oxygens (including phenoxy) is 1. The molecular weight excluding hydrogens is 858 g/mol. The second-order valence-corrected chi connectivity index (χ2v) is 21.5. The minimum atomic E-state index is -4.55. The van der Waals surface area contributed by atoms with Crippen molar-refractivity contribution >= 4 is 55.7 Å². The second kappa shape index (κ2) is 17.5. The van der Waals surface area contributed by atoms with Crippen LogP contribution in [-0.2, 0) is 30.6 Å². The van der Waals surface area contributed by atoms with E-state index in [2.05, 4.69) is 39.2 Å². The van der Waals surface area contributed by atoms with Gasteiger partial charge in [-0.1, -0.05) is 54.0 Å². The first-order chi connectivity index (χ1) is 29.4. The first-order valence-corrected chi connectivity index (χ1v) is 23.5. The highest BCUT2D eigenvalue weighted by Gasteiger charge is 2.63. The Morgan fingerprint density at radius 2 is 1.79 bits per heavy atom. The molecule has 7 rings (SSSR count). The number of nitrogens with zero attached hydrogens (tertiary/aromatic N) is 2. The van der Waals surface area contributed by atoms with Crippen LogP contribution < -0.4 is 25.5 Å². The number of sulfonamides is 1. The first-order valence-electron chi connectivity index (χ1n) is 21.1. The monoisotopic (exact) mass is 914 g/mol. The highest BCUT2D eigenvalue weighted by Crippen LogP contribution is 2.48. The van der Waals surface area contributed by atoms with Crippen LogP contribution >= 0.6 is 11.3 Å². The molecule has 0 spiro atoms. The summed E-state index contributed by atoms with van der Waals surface area (Å²) in [5, 5.41) is 9.29. The highest BCUT2D eigenvalue weighted by molar-refractivity contribution is 7.91. The quantitative estimate of drug-likeness (QED) is 0.110. The van der Waals surface area contributed by atoms with E-state index < -0.39 is 67.3 Å². The van der Waals surface area contributed by atoms with Crippen molar-refractivity contribution in [3.8, 4) is 16.5 Å². The van der Waals surface area contributed by atoms with Crippen LogP contribution in [0.4, 0.5) is 18.9 Å². The number of aromatic amines is 1. The maximum Gasteiger partial charge on any atom is 0.416 e. The number of fused-ring (bicyclic) bond motifs is 1. The van der Waals surface area contributed by atoms with Crippen LogP contribution in [0.15, 0.2) is 52.6 Å². The highest BCUT2D eigenvalue weighted by atomic mass is 32.2. The Hall–Kier alpha value is -4.97. The zero-order chi connectivity index (χ0) is 46.4. The van der Waals surface area contributed by atoms with Crippen molar-refractivity contribution in [1.82, 2.24) is 24.9 Å². The van der Waals surface area contributed by atoms with Gasteiger partial charge in [0.15, 0.2) is 5.43 Å². The van der Waals surface area contributed by atoms with E-state index in [1.54, 1.807) is 58.3 Å². The Kier molecular flexibility index (Phi) is 13.2. The SMILES string of the molecule is CCC1C[C@]1(NC(=O)C1CCCN1C(=O)C(Nc1cccc(C(F)(F)F)c1)C(C)(C)C)C(=O)NS(=O)(=O)C1(C)CC1.COc1ccc2c(=O)cc(-c3nc(C(C)C)cs3)[nH]c2c1C. The summed E-state index contributed by atoms with van der Waals surface area (Å²) in [5.74, 6) is -0.868. The predicted octanol–water partition coefficient (Wildman–Crippen LogP) is 7.90. The molecule has 0 radical (unpaired) electrons. The smallest absolute Gasteiger partial charge is 0.416 e. The topological polar surface area (TPSA) is 180 Å². The van der Waals surface area contributed by atoms with Gasteiger partial charge in [0.25, 0.3) is 5.91 Å². The van der Waals surface area contributed by atoms with Gasteiger partial charge in [-0.05, 0) is 93.5 Å². The van der Waals surface area contributed by atoms with Gasteiger partial charge in [0.2, 0.25) is 21.8 Å². The number of rotatable bonds is 12. The average molecular weight is 915 g/mol. The van der Waals surface area contributed by atoms with E-state index in [4.69, 9.17) is 4.74 Å². The summed E-state index contributed by atoms with van der Waals surface area (Å²) in [6.07, 6.45) is -1.95. The number of methoxy groups -OCH3 is 1. The van der Waals surface area contributed by atoms with E-state index in [9.17, 15) is 40.8 Å². The van der Waals surface area contributed by atoms with E-state index in [0.717, 1.165) is 45.4 Å². The maximum absolute atomic E-state index is 13.8. The van der Waals surface area contributed by atoms with Gasteiger partial charge in [0.1, 0.15) is 28.4 Å². The Morgan fingerprint density at radius 1 is 1.10 bits per heavy atom. The zero-order valence-electron chi connectivity index (χ0n) is 37.1. The molecule has 3 amide bonds. The van der Waals surface area contributed by atoms with Crippen LogP contribution in [0, 0.1) is 18.3 Å². The number of hydrogen-bond donors (Lipinski definition) is 4. The third-order valence-corrected chi connectivity index (χ3v) is 15.5. The van der Waals surface area contributed by atoms with Gasteiger partial charge in [-0.3, -0.25) is 23.9 Å². The number of hydrogen-bond acceptors (Lipinski definition) is 10. The number of likely N-dealkylation sites (tertiary alicyclic amines) is 1. The fourth-order valence-corrected chi connectivity index (χ4v) is 10.2. The number of H-pyrrole nitrogens is 1. The number of aromatic nitrogens is 2. The molecule has 2 aliphatic carbocycles. The van der Waals surface area contributed by atoms with E-state index in [1.807, 2.05) is 25.3 Å². The minimum absolute atomic E-state index is 0.00389. The average Bonchev–Trinajstić information content (AvgIpc) is 3.96. The molecule has 3 unspecified atom stereocenters. The predicted molar refractivity (Wildman–Crippen MR) is 238 cm³/mol. The number of carbonyl (C=O) groups is 3. The molecule has 3 aliphatic rings. The number of carbonyl (C=O) groups excluding carboxylic acids is 3. The Bertz CT molecular complexity index is 2560. The summed E-state index contributed by atoms with van der Waals surface area (Å²) in [7, 11) is -2.27. The molecule has 0 bridgehead atoms. The Morgan fingerprint density at radius 3 is 2.37 bits per heavy atom. The fourth-order valence-electron chi connectivity index (χ4n) is 7.91. The second-order valence-electron chi connectivity index (χ2n) is 18.5. The Balaban J connectivity index is 0.000000251. The number of benzene rings is 2. The molecule has 1 aliphatic heterocycles. The molecule has 2 saturated carbocycles. The van der Waals surface area contributed by atoms with Crippen molar-refractivity contribution in [3.05, 3.63) is 74.9 Å². The number of amides is 3. The number of nitrogens with one attached hydrogen (secondary N) is 4. The van der Waals surface area contributed by atoms with Crippen molar-refractivity contribution in [3.63, 3.8) is 0 Å². The van der Waals surface area contributed by atoms with Crippen molar-refractivity contribution in [2.24, 2.45) is 11.3 Å². The van der Waals surface area contributed by atoms with E-state index in [1.165, 1.54) is 17.0 Å². The molecule has 342 valence electrons. The van der Waals surface area contributed by atoms with Crippen LogP contribution in [0.5, 0.6) is 5.75 Å². The molecule has 4 N–H and O–H groups in total. The minimum Gasteiger partial charge on any atom is -0.496 e. The Labute approximate surface area is 370 Å². The van der Waals surface area contributed by atoms with E-state index in [-0.39, 0.29) is 30.0 Å². The molecule has 13 nitrogen and oxygen atoms in total. The summed E-state index contributed by atoms with van der Waals surface area (Å²) in [4.78, 5) is 62.4. The molecule has 1 saturated heterocycles. The van der Waals surface area contributed by atoms with Crippen molar-refractivity contribution in [2.75, 3.05) is 19.0 Å².